The lowest BCUT2D eigenvalue weighted by Crippen LogP contribution is -2.24. The molecule has 6 nitrogen and oxygen atoms in total. The molecule has 1 unspecified atom stereocenters. The van der Waals surface area contributed by atoms with Crippen molar-refractivity contribution in [2.45, 2.75) is 17.7 Å². The highest BCUT2D eigenvalue weighted by Crippen LogP contribution is 2.26. The van der Waals surface area contributed by atoms with Crippen molar-refractivity contribution in [3.8, 4) is 0 Å². The summed E-state index contributed by atoms with van der Waals surface area (Å²) in [5, 5.41) is 8.29. The molecule has 1 aromatic heterocycles. The normalized spacial score (nSPS) is 16.6. The first-order chi connectivity index (χ1) is 13.2. The Labute approximate surface area is 159 Å². The molecule has 0 bridgehead atoms. The van der Waals surface area contributed by atoms with Crippen molar-refractivity contribution in [1.29, 1.82) is 0 Å². The highest BCUT2D eigenvalue weighted by molar-refractivity contribution is 7.99. The lowest BCUT2D eigenvalue weighted by Gasteiger charge is -2.12. The highest BCUT2D eigenvalue weighted by Gasteiger charge is 2.32. The van der Waals surface area contributed by atoms with Gasteiger partial charge in [0.15, 0.2) is 0 Å². The van der Waals surface area contributed by atoms with Crippen molar-refractivity contribution in [3.63, 3.8) is 0 Å². The van der Waals surface area contributed by atoms with Crippen LogP contribution in [-0.4, -0.2) is 34.7 Å². The van der Waals surface area contributed by atoms with Gasteiger partial charge in [-0.3, -0.25) is 4.90 Å². The fraction of sp³-hybridized carbons (Fsp3) is 0.211. The first-order valence-corrected chi connectivity index (χ1v) is 9.39. The molecule has 4 rings (SSSR count). The maximum atomic E-state index is 13.7. The fourth-order valence-corrected chi connectivity index (χ4v) is 3.52. The molecule has 2 aromatic carbocycles. The molecule has 0 spiro atoms. The standard InChI is InChI=1S/C19H16FN3O3S/c20-16-9-5-4-6-13(16)10-17-21-22-18(26-17)27-12-15-11-23(19(24)25-15)14-7-2-1-3-8-14/h1-9,15H,10-12H2. The Morgan fingerprint density at radius 1 is 1.11 bits per heavy atom. The van der Waals surface area contributed by atoms with Crippen LogP contribution in [0.3, 0.4) is 0 Å². The number of cyclic esters (lactones) is 1. The number of halogens is 1. The molecule has 2 heterocycles. The molecule has 8 heteroatoms. The zero-order valence-electron chi connectivity index (χ0n) is 14.2. The van der Waals surface area contributed by atoms with Gasteiger partial charge in [0.05, 0.1) is 13.0 Å². The monoisotopic (exact) mass is 385 g/mol. The van der Waals surface area contributed by atoms with Gasteiger partial charge in [-0.1, -0.05) is 48.2 Å². The van der Waals surface area contributed by atoms with Crippen LogP contribution in [0.15, 0.2) is 64.2 Å². The molecule has 1 aliphatic rings. The van der Waals surface area contributed by atoms with Crippen LogP contribution in [0.1, 0.15) is 11.5 Å². The molecule has 0 saturated carbocycles. The number of aromatic nitrogens is 2. The van der Waals surface area contributed by atoms with E-state index in [9.17, 15) is 9.18 Å². The summed E-state index contributed by atoms with van der Waals surface area (Å²) in [6, 6.07) is 15.9. The Kier molecular flexibility index (Phi) is 5.06. The van der Waals surface area contributed by atoms with Crippen LogP contribution in [-0.2, 0) is 11.2 Å². The number of hydrogen-bond acceptors (Lipinski definition) is 6. The van der Waals surface area contributed by atoms with Gasteiger partial charge in [-0.2, -0.15) is 0 Å². The summed E-state index contributed by atoms with van der Waals surface area (Å²) < 4.78 is 24.7. The van der Waals surface area contributed by atoms with Crippen molar-refractivity contribution < 1.29 is 18.3 Å². The van der Waals surface area contributed by atoms with Gasteiger partial charge in [-0.15, -0.1) is 10.2 Å². The van der Waals surface area contributed by atoms with Crippen molar-refractivity contribution >= 4 is 23.5 Å². The number of rotatable bonds is 6. The van der Waals surface area contributed by atoms with Gasteiger partial charge in [0.1, 0.15) is 11.9 Å². The Bertz CT molecular complexity index is 935. The average Bonchev–Trinajstić information content (AvgIpc) is 3.29. The van der Waals surface area contributed by atoms with E-state index in [4.69, 9.17) is 9.15 Å². The minimum absolute atomic E-state index is 0.237. The summed E-state index contributed by atoms with van der Waals surface area (Å²) in [6.45, 7) is 0.464. The summed E-state index contributed by atoms with van der Waals surface area (Å²) in [5.74, 6) is 0.539. The summed E-state index contributed by atoms with van der Waals surface area (Å²) in [5.41, 5.74) is 1.31. The molecule has 0 aliphatic carbocycles. The van der Waals surface area contributed by atoms with E-state index >= 15 is 0 Å². The third-order valence-corrected chi connectivity index (χ3v) is 5.03. The number of nitrogens with zero attached hydrogens (tertiary/aromatic N) is 3. The lowest BCUT2D eigenvalue weighted by molar-refractivity contribution is 0.151. The molecule has 3 aromatic rings. The molecular formula is C19H16FN3O3S. The van der Waals surface area contributed by atoms with E-state index in [1.165, 1.54) is 17.8 Å². The maximum Gasteiger partial charge on any atom is 0.414 e. The average molecular weight is 385 g/mol. The Morgan fingerprint density at radius 3 is 2.70 bits per heavy atom. The number of amides is 1. The van der Waals surface area contributed by atoms with Crippen molar-refractivity contribution in [3.05, 3.63) is 71.9 Å². The first kappa shape index (κ1) is 17.5. The molecule has 138 valence electrons. The smallest absolute Gasteiger partial charge is 0.414 e. The van der Waals surface area contributed by atoms with Crippen LogP contribution >= 0.6 is 11.8 Å². The van der Waals surface area contributed by atoms with Crippen LogP contribution in [0, 0.1) is 5.82 Å². The summed E-state index contributed by atoms with van der Waals surface area (Å²) in [7, 11) is 0. The van der Waals surface area contributed by atoms with Crippen LogP contribution in [0.25, 0.3) is 0 Å². The zero-order chi connectivity index (χ0) is 18.6. The number of thioether (sulfide) groups is 1. The van der Waals surface area contributed by atoms with E-state index in [-0.39, 0.29) is 24.4 Å². The predicted octanol–water partition coefficient (Wildman–Crippen LogP) is 3.92. The molecule has 1 amide bonds. The molecule has 0 N–H and O–H groups in total. The highest BCUT2D eigenvalue weighted by atomic mass is 32.2. The second-order valence-electron chi connectivity index (χ2n) is 5.99. The third-order valence-electron chi connectivity index (χ3n) is 4.08. The van der Waals surface area contributed by atoms with Crippen LogP contribution in [0.5, 0.6) is 0 Å². The first-order valence-electron chi connectivity index (χ1n) is 8.41. The third kappa shape index (κ3) is 4.11. The minimum Gasteiger partial charge on any atom is -0.443 e. The second-order valence-corrected chi connectivity index (χ2v) is 6.96. The molecule has 1 atom stereocenters. The van der Waals surface area contributed by atoms with E-state index in [0.717, 1.165) is 5.69 Å². The lowest BCUT2D eigenvalue weighted by atomic mass is 10.1. The van der Waals surface area contributed by atoms with E-state index in [0.29, 0.717) is 29.0 Å². The number of para-hydroxylation sites is 1. The molecule has 0 radical (unpaired) electrons. The number of benzene rings is 2. The predicted molar refractivity (Wildman–Crippen MR) is 98.3 cm³/mol. The van der Waals surface area contributed by atoms with Gasteiger partial charge >= 0.3 is 6.09 Å². The summed E-state index contributed by atoms with van der Waals surface area (Å²) in [4.78, 5) is 13.6. The van der Waals surface area contributed by atoms with Crippen molar-refractivity contribution in [1.82, 2.24) is 10.2 Å². The quantitative estimate of drug-likeness (QED) is 0.599. The summed E-state index contributed by atoms with van der Waals surface area (Å²) in [6.07, 6.45) is -0.400. The Balaban J connectivity index is 1.33. The van der Waals surface area contributed by atoms with Crippen molar-refractivity contribution in [2.75, 3.05) is 17.2 Å². The second kappa shape index (κ2) is 7.79. The topological polar surface area (TPSA) is 68.5 Å². The van der Waals surface area contributed by atoms with Gasteiger partial charge in [-0.05, 0) is 23.8 Å². The molecule has 1 aliphatic heterocycles. The largest absolute Gasteiger partial charge is 0.443 e. The summed E-state index contributed by atoms with van der Waals surface area (Å²) >= 11 is 1.31. The van der Waals surface area contributed by atoms with Crippen molar-refractivity contribution in [2.24, 2.45) is 0 Å². The zero-order valence-corrected chi connectivity index (χ0v) is 15.1. The molecule has 27 heavy (non-hydrogen) atoms. The minimum atomic E-state index is -0.363. The van der Waals surface area contributed by atoms with Gasteiger partial charge in [0.2, 0.25) is 5.89 Å². The van der Waals surface area contributed by atoms with Gasteiger partial charge in [0, 0.05) is 11.4 Å². The van der Waals surface area contributed by atoms with E-state index in [2.05, 4.69) is 10.2 Å². The van der Waals surface area contributed by atoms with E-state index in [1.54, 1.807) is 23.1 Å². The van der Waals surface area contributed by atoms with Crippen LogP contribution < -0.4 is 4.90 Å². The van der Waals surface area contributed by atoms with E-state index in [1.807, 2.05) is 30.3 Å². The number of hydrogen-bond donors (Lipinski definition) is 0. The Morgan fingerprint density at radius 2 is 1.89 bits per heavy atom. The SMILES string of the molecule is O=C1OC(CSc2nnc(Cc3ccccc3F)o2)CN1c1ccccc1. The van der Waals surface area contributed by atoms with E-state index < -0.39 is 0 Å². The number of anilines is 1. The van der Waals surface area contributed by atoms with Gasteiger partial charge < -0.3 is 9.15 Å². The number of ether oxygens (including phenoxy) is 1. The van der Waals surface area contributed by atoms with Crippen LogP contribution in [0.2, 0.25) is 0 Å². The maximum absolute atomic E-state index is 13.7. The van der Waals surface area contributed by atoms with Gasteiger partial charge in [-0.25, -0.2) is 9.18 Å². The number of carbonyl (C=O) groups excluding carboxylic acids is 1. The molecule has 1 fully saturated rings. The fourth-order valence-electron chi connectivity index (χ4n) is 2.76. The molecular weight excluding hydrogens is 369 g/mol. The number of carbonyl (C=O) groups is 1. The van der Waals surface area contributed by atoms with Gasteiger partial charge in [0.25, 0.3) is 5.22 Å². The van der Waals surface area contributed by atoms with Crippen LogP contribution in [0.4, 0.5) is 14.9 Å². The Hall–Kier alpha value is -2.87. The molecule has 1 saturated heterocycles.